The van der Waals surface area contributed by atoms with Crippen LogP contribution in [0.25, 0.3) is 0 Å². The van der Waals surface area contributed by atoms with Crippen molar-refractivity contribution in [2.24, 2.45) is 0 Å². The molecule has 0 aliphatic carbocycles. The molecule has 0 spiro atoms. The van der Waals surface area contributed by atoms with Crippen LogP contribution in [0.1, 0.15) is 22.3 Å². The van der Waals surface area contributed by atoms with Gasteiger partial charge in [0.1, 0.15) is 12.2 Å². The largest absolute Gasteiger partial charge is 0.495 e. The van der Waals surface area contributed by atoms with Gasteiger partial charge >= 0.3 is 12.0 Å². The minimum atomic E-state index is -1.31. The van der Waals surface area contributed by atoms with Crippen molar-refractivity contribution in [3.8, 4) is 5.75 Å². The van der Waals surface area contributed by atoms with Gasteiger partial charge in [0.2, 0.25) is 5.91 Å². The lowest BCUT2D eigenvalue weighted by Crippen LogP contribution is -2.34. The number of hydrogen-bond donors (Lipinski definition) is 3. The Morgan fingerprint density at radius 1 is 0.969 bits per heavy atom. The van der Waals surface area contributed by atoms with Crippen LogP contribution in [0.2, 0.25) is 5.02 Å². The predicted octanol–water partition coefficient (Wildman–Crippen LogP) is 3.40. The van der Waals surface area contributed by atoms with E-state index in [1.165, 1.54) is 19.2 Å². The molecule has 0 unspecified atom stereocenters. The normalized spacial score (nSPS) is 10.2. The van der Waals surface area contributed by atoms with Crippen LogP contribution in [0.5, 0.6) is 5.75 Å². The fraction of sp³-hybridized carbons (Fsp3) is 0.200. The number of carbonyl (C=O) groups is 4. The van der Waals surface area contributed by atoms with E-state index in [9.17, 15) is 28.0 Å². The van der Waals surface area contributed by atoms with E-state index in [4.69, 9.17) is 16.3 Å². The first-order valence-electron chi connectivity index (χ1n) is 8.87. The zero-order valence-corrected chi connectivity index (χ0v) is 17.9. The molecule has 0 saturated carbocycles. The summed E-state index contributed by atoms with van der Waals surface area (Å²) in [5, 5.41) is 6.38. The van der Waals surface area contributed by atoms with Crippen molar-refractivity contribution in [2.45, 2.75) is 13.3 Å². The fourth-order valence-electron chi connectivity index (χ4n) is 2.50. The monoisotopic (exact) mass is 469 g/mol. The molecule has 0 radical (unpaired) electrons. The van der Waals surface area contributed by atoms with Crippen molar-refractivity contribution < 1.29 is 37.4 Å². The van der Waals surface area contributed by atoms with Gasteiger partial charge in [-0.1, -0.05) is 11.6 Å². The van der Waals surface area contributed by atoms with Gasteiger partial charge in [-0.3, -0.25) is 19.7 Å². The second-order valence-electron chi connectivity index (χ2n) is 6.32. The Bertz CT molecular complexity index is 1090. The third-order valence-electron chi connectivity index (χ3n) is 4.08. The third-order valence-corrected chi connectivity index (χ3v) is 4.40. The molecule has 170 valence electrons. The van der Waals surface area contributed by atoms with Crippen molar-refractivity contribution in [1.82, 2.24) is 5.32 Å². The highest BCUT2D eigenvalue weighted by Crippen LogP contribution is 2.31. The van der Waals surface area contributed by atoms with Gasteiger partial charge in [-0.25, -0.2) is 13.6 Å². The van der Waals surface area contributed by atoms with Crippen LogP contribution in [-0.2, 0) is 14.3 Å². The van der Waals surface area contributed by atoms with Crippen molar-refractivity contribution in [3.05, 3.63) is 52.0 Å². The van der Waals surface area contributed by atoms with Crippen LogP contribution in [0.3, 0.4) is 0 Å². The second-order valence-corrected chi connectivity index (χ2v) is 6.73. The van der Waals surface area contributed by atoms with Crippen LogP contribution in [0, 0.1) is 18.6 Å². The smallest absolute Gasteiger partial charge is 0.326 e. The van der Waals surface area contributed by atoms with E-state index in [2.05, 4.69) is 15.4 Å². The fourth-order valence-corrected chi connectivity index (χ4v) is 2.74. The second kappa shape index (κ2) is 10.5. The summed E-state index contributed by atoms with van der Waals surface area (Å²) in [4.78, 5) is 47.7. The lowest BCUT2D eigenvalue weighted by Gasteiger charge is -2.15. The molecule has 9 nitrogen and oxygen atoms in total. The van der Waals surface area contributed by atoms with Crippen LogP contribution in [0.4, 0.5) is 25.0 Å². The number of ether oxygens (including phenoxy) is 2. The molecule has 2 rings (SSSR count). The maximum atomic E-state index is 13.4. The zero-order valence-electron chi connectivity index (χ0n) is 17.1. The van der Waals surface area contributed by atoms with E-state index in [0.717, 1.165) is 7.11 Å². The Morgan fingerprint density at radius 2 is 1.62 bits per heavy atom. The van der Waals surface area contributed by atoms with Gasteiger partial charge < -0.3 is 20.1 Å². The Kier molecular flexibility index (Phi) is 8.08. The van der Waals surface area contributed by atoms with Gasteiger partial charge in [-0.05, 0) is 36.8 Å². The van der Waals surface area contributed by atoms with Crippen molar-refractivity contribution in [3.63, 3.8) is 0 Å². The van der Waals surface area contributed by atoms with E-state index in [0.29, 0.717) is 17.7 Å². The molecule has 2 aromatic carbocycles. The summed E-state index contributed by atoms with van der Waals surface area (Å²) in [6.45, 7) is 1.65. The lowest BCUT2D eigenvalue weighted by atomic mass is 10.1. The van der Waals surface area contributed by atoms with Crippen LogP contribution in [0.15, 0.2) is 24.3 Å². The standard InChI is InChI=1S/C20H18ClF2N3O6/c1-9-4-16(31-2)15(7-14(9)24-17(27)8-18(28)32-3)25-20(30)26-19(29)10-5-12(22)13(23)6-11(10)21/h4-7H,8H2,1-3H3,(H,24,27)(H2,25,26,29,30). The number of urea groups is 1. The molecule has 0 aliphatic heterocycles. The number of anilines is 2. The number of halogens is 3. The summed E-state index contributed by atoms with van der Waals surface area (Å²) in [6, 6.07) is 2.97. The number of amides is 4. The summed E-state index contributed by atoms with van der Waals surface area (Å²) < 4.78 is 36.2. The molecule has 0 bridgehead atoms. The molecule has 0 aliphatic rings. The minimum Gasteiger partial charge on any atom is -0.495 e. The van der Waals surface area contributed by atoms with E-state index in [-0.39, 0.29) is 17.1 Å². The Labute approximate surface area is 186 Å². The van der Waals surface area contributed by atoms with Gasteiger partial charge in [0.15, 0.2) is 11.6 Å². The highest BCUT2D eigenvalue weighted by atomic mass is 35.5. The average molecular weight is 470 g/mol. The third kappa shape index (κ3) is 6.14. The molecular weight excluding hydrogens is 452 g/mol. The average Bonchev–Trinajstić information content (AvgIpc) is 2.72. The van der Waals surface area contributed by atoms with Gasteiger partial charge in [0, 0.05) is 5.69 Å². The minimum absolute atomic E-state index is 0.0631. The number of benzene rings is 2. The molecule has 12 heteroatoms. The topological polar surface area (TPSA) is 123 Å². The molecule has 0 heterocycles. The summed E-state index contributed by atoms with van der Waals surface area (Å²) in [5.74, 6) is -4.83. The predicted molar refractivity (Wildman–Crippen MR) is 111 cm³/mol. The zero-order chi connectivity index (χ0) is 24.0. The molecule has 0 fully saturated rings. The number of esters is 1. The first-order chi connectivity index (χ1) is 15.0. The van der Waals surface area contributed by atoms with Crippen LogP contribution < -0.4 is 20.7 Å². The number of carbonyl (C=O) groups excluding carboxylic acids is 4. The summed E-state index contributed by atoms with van der Waals surface area (Å²) in [6.07, 6.45) is -0.519. The quantitative estimate of drug-likeness (QED) is 0.338. The van der Waals surface area contributed by atoms with E-state index >= 15 is 0 Å². The molecule has 0 saturated heterocycles. The summed E-state index contributed by atoms with van der Waals surface area (Å²) >= 11 is 5.73. The van der Waals surface area contributed by atoms with E-state index in [1.807, 2.05) is 5.32 Å². The van der Waals surface area contributed by atoms with Crippen LogP contribution in [-0.4, -0.2) is 38.0 Å². The summed E-state index contributed by atoms with van der Waals surface area (Å²) in [7, 11) is 2.48. The van der Waals surface area contributed by atoms with Gasteiger partial charge in [-0.2, -0.15) is 0 Å². The van der Waals surface area contributed by atoms with Gasteiger partial charge in [0.25, 0.3) is 5.91 Å². The number of imide groups is 1. The number of aryl methyl sites for hydroxylation is 1. The lowest BCUT2D eigenvalue weighted by molar-refractivity contribution is -0.142. The highest BCUT2D eigenvalue weighted by molar-refractivity contribution is 6.34. The first kappa shape index (κ1) is 24.5. The van der Waals surface area contributed by atoms with Gasteiger partial charge in [0.05, 0.1) is 30.5 Å². The maximum Gasteiger partial charge on any atom is 0.326 e. The van der Waals surface area contributed by atoms with Crippen molar-refractivity contribution in [2.75, 3.05) is 24.9 Å². The summed E-state index contributed by atoms with van der Waals surface area (Å²) in [5.41, 5.74) is 0.418. The Hall–Kier alpha value is -3.73. The molecule has 3 N–H and O–H groups in total. The number of rotatable bonds is 6. The SMILES string of the molecule is COC(=O)CC(=O)Nc1cc(NC(=O)NC(=O)c2cc(F)c(F)cc2Cl)c(OC)cc1C. The maximum absolute atomic E-state index is 13.4. The van der Waals surface area contributed by atoms with Crippen molar-refractivity contribution >= 4 is 46.8 Å². The number of nitrogens with one attached hydrogen (secondary N) is 3. The molecule has 32 heavy (non-hydrogen) atoms. The molecule has 4 amide bonds. The van der Waals surface area contributed by atoms with Crippen LogP contribution >= 0.6 is 11.6 Å². The Balaban J connectivity index is 2.19. The Morgan fingerprint density at radius 3 is 2.25 bits per heavy atom. The van der Waals surface area contributed by atoms with Crippen molar-refractivity contribution in [1.29, 1.82) is 0 Å². The number of hydrogen-bond acceptors (Lipinski definition) is 6. The molecular formula is C20H18ClF2N3O6. The van der Waals surface area contributed by atoms with Gasteiger partial charge in [-0.15, -0.1) is 0 Å². The van der Waals surface area contributed by atoms with E-state index < -0.39 is 52.5 Å². The number of methoxy groups -OCH3 is 2. The molecule has 0 aromatic heterocycles. The first-order valence-corrected chi connectivity index (χ1v) is 9.25. The van der Waals surface area contributed by atoms with E-state index in [1.54, 1.807) is 6.92 Å². The molecule has 0 atom stereocenters. The highest BCUT2D eigenvalue weighted by Gasteiger charge is 2.19. The molecule has 2 aromatic rings.